The number of H-pyrrole nitrogens is 1. The van der Waals surface area contributed by atoms with Gasteiger partial charge >= 0.3 is 0 Å². The van der Waals surface area contributed by atoms with Crippen LogP contribution in [-0.4, -0.2) is 24.2 Å². The van der Waals surface area contributed by atoms with Crippen molar-refractivity contribution in [2.75, 3.05) is 14.2 Å². The van der Waals surface area contributed by atoms with Crippen LogP contribution in [0.5, 0.6) is 11.5 Å². The minimum Gasteiger partial charge on any atom is -0.497 e. The van der Waals surface area contributed by atoms with Gasteiger partial charge in [0.15, 0.2) is 0 Å². The Labute approximate surface area is 111 Å². The third-order valence-corrected chi connectivity index (χ3v) is 2.94. The summed E-state index contributed by atoms with van der Waals surface area (Å²) in [6, 6.07) is 5.67. The zero-order chi connectivity index (χ0) is 13.1. The first-order valence-corrected chi connectivity index (χ1v) is 6.06. The van der Waals surface area contributed by atoms with E-state index in [4.69, 9.17) is 21.1 Å². The number of halogens is 1. The number of aromatic nitrogens is 2. The Morgan fingerprint density at radius 1 is 1.17 bits per heavy atom. The average Bonchev–Trinajstić information content (AvgIpc) is 2.79. The van der Waals surface area contributed by atoms with Crippen LogP contribution in [0.25, 0.3) is 11.3 Å². The van der Waals surface area contributed by atoms with Crippen molar-refractivity contribution in [2.45, 2.75) is 12.8 Å². The van der Waals surface area contributed by atoms with E-state index in [0.29, 0.717) is 5.88 Å². The maximum Gasteiger partial charge on any atom is 0.123 e. The first-order valence-electron chi connectivity index (χ1n) is 5.52. The highest BCUT2D eigenvalue weighted by atomic mass is 35.5. The van der Waals surface area contributed by atoms with E-state index in [1.807, 2.05) is 25.1 Å². The molecule has 1 aromatic heterocycles. The smallest absolute Gasteiger partial charge is 0.123 e. The summed E-state index contributed by atoms with van der Waals surface area (Å²) >= 11 is 5.77. The molecule has 2 rings (SSSR count). The fourth-order valence-corrected chi connectivity index (χ4v) is 1.94. The Morgan fingerprint density at radius 3 is 2.22 bits per heavy atom. The van der Waals surface area contributed by atoms with Gasteiger partial charge in [0, 0.05) is 17.3 Å². The number of alkyl halides is 1. The van der Waals surface area contributed by atoms with Gasteiger partial charge in [-0.1, -0.05) is 0 Å². The van der Waals surface area contributed by atoms with Crippen LogP contribution in [0.15, 0.2) is 18.2 Å². The maximum atomic E-state index is 5.77. The molecular formula is C13H15ClN2O2. The van der Waals surface area contributed by atoms with Crippen molar-refractivity contribution in [1.29, 1.82) is 0 Å². The minimum absolute atomic E-state index is 0.363. The van der Waals surface area contributed by atoms with Gasteiger partial charge in [0.2, 0.25) is 0 Å². The minimum atomic E-state index is 0.363. The molecular weight excluding hydrogens is 252 g/mol. The Morgan fingerprint density at radius 2 is 1.78 bits per heavy atom. The van der Waals surface area contributed by atoms with Gasteiger partial charge in [0.25, 0.3) is 0 Å². The van der Waals surface area contributed by atoms with Gasteiger partial charge < -0.3 is 14.5 Å². The van der Waals surface area contributed by atoms with Crippen molar-refractivity contribution in [3.63, 3.8) is 0 Å². The molecule has 4 nitrogen and oxygen atoms in total. The molecule has 1 heterocycles. The Bertz CT molecular complexity index is 530. The van der Waals surface area contributed by atoms with Crippen molar-refractivity contribution in [3.05, 3.63) is 29.7 Å². The number of methoxy groups -OCH3 is 2. The lowest BCUT2D eigenvalue weighted by molar-refractivity contribution is 0.394. The third-order valence-electron chi connectivity index (χ3n) is 2.69. The monoisotopic (exact) mass is 266 g/mol. The van der Waals surface area contributed by atoms with Gasteiger partial charge in [-0.05, 0) is 19.1 Å². The molecule has 0 saturated carbocycles. The number of aromatic amines is 1. The number of aryl methyl sites for hydroxylation is 1. The van der Waals surface area contributed by atoms with Gasteiger partial charge in [-0.15, -0.1) is 11.6 Å². The molecule has 1 aromatic carbocycles. The number of nitrogens with one attached hydrogen (secondary N) is 1. The standard InChI is InChI=1S/C13H15ClN2O2/c1-8-13(16-12(7-14)15-8)9-4-10(17-2)6-11(5-9)18-3/h4-6H,7H2,1-3H3,(H,15,16). The van der Waals surface area contributed by atoms with Crippen molar-refractivity contribution in [2.24, 2.45) is 0 Å². The molecule has 0 aliphatic heterocycles. The zero-order valence-corrected chi connectivity index (χ0v) is 11.3. The molecule has 1 N–H and O–H groups in total. The third kappa shape index (κ3) is 2.43. The van der Waals surface area contributed by atoms with Crippen molar-refractivity contribution >= 4 is 11.6 Å². The van der Waals surface area contributed by atoms with Crippen molar-refractivity contribution in [3.8, 4) is 22.8 Å². The number of hydrogen-bond acceptors (Lipinski definition) is 3. The first kappa shape index (κ1) is 12.8. The highest BCUT2D eigenvalue weighted by Gasteiger charge is 2.11. The van der Waals surface area contributed by atoms with E-state index >= 15 is 0 Å². The Kier molecular flexibility index (Phi) is 3.77. The molecule has 0 unspecified atom stereocenters. The van der Waals surface area contributed by atoms with Gasteiger partial charge in [-0.3, -0.25) is 0 Å². The van der Waals surface area contributed by atoms with E-state index < -0.39 is 0 Å². The second-order valence-electron chi connectivity index (χ2n) is 3.89. The summed E-state index contributed by atoms with van der Waals surface area (Å²) < 4.78 is 10.5. The zero-order valence-electron chi connectivity index (χ0n) is 10.6. The van der Waals surface area contributed by atoms with E-state index in [0.717, 1.165) is 34.3 Å². The molecule has 2 aromatic rings. The number of benzene rings is 1. The second kappa shape index (κ2) is 5.31. The highest BCUT2D eigenvalue weighted by molar-refractivity contribution is 6.16. The molecule has 0 amide bonds. The van der Waals surface area contributed by atoms with Gasteiger partial charge in [-0.2, -0.15) is 0 Å². The van der Waals surface area contributed by atoms with E-state index in [9.17, 15) is 0 Å². The topological polar surface area (TPSA) is 47.1 Å². The van der Waals surface area contributed by atoms with Crippen LogP contribution in [0.3, 0.4) is 0 Å². The Balaban J connectivity index is 2.51. The van der Waals surface area contributed by atoms with Gasteiger partial charge in [0.1, 0.15) is 17.3 Å². The quantitative estimate of drug-likeness (QED) is 0.865. The summed E-state index contributed by atoms with van der Waals surface area (Å²) in [4.78, 5) is 7.59. The number of imidazole rings is 1. The fraction of sp³-hybridized carbons (Fsp3) is 0.308. The van der Waals surface area contributed by atoms with E-state index in [2.05, 4.69) is 9.97 Å². The SMILES string of the molecule is COc1cc(OC)cc(-c2nc(CCl)[nH]c2C)c1. The summed E-state index contributed by atoms with van der Waals surface area (Å²) in [6.45, 7) is 1.96. The molecule has 0 aliphatic rings. The predicted molar refractivity (Wildman–Crippen MR) is 71.4 cm³/mol. The van der Waals surface area contributed by atoms with E-state index in [1.165, 1.54) is 0 Å². The molecule has 5 heteroatoms. The summed E-state index contributed by atoms with van der Waals surface area (Å²) in [5, 5.41) is 0. The highest BCUT2D eigenvalue weighted by Crippen LogP contribution is 2.30. The molecule has 0 atom stereocenters. The summed E-state index contributed by atoms with van der Waals surface area (Å²) in [5.41, 5.74) is 2.78. The second-order valence-corrected chi connectivity index (χ2v) is 4.16. The lowest BCUT2D eigenvalue weighted by Crippen LogP contribution is -1.90. The van der Waals surface area contributed by atoms with Crippen LogP contribution in [-0.2, 0) is 5.88 Å². The van der Waals surface area contributed by atoms with Gasteiger partial charge in [-0.25, -0.2) is 4.98 Å². The number of hydrogen-bond donors (Lipinski definition) is 1. The molecule has 0 bridgehead atoms. The lowest BCUT2D eigenvalue weighted by Gasteiger charge is -2.07. The van der Waals surface area contributed by atoms with Crippen LogP contribution in [0.1, 0.15) is 11.5 Å². The van der Waals surface area contributed by atoms with Crippen LogP contribution in [0.2, 0.25) is 0 Å². The molecule has 18 heavy (non-hydrogen) atoms. The molecule has 96 valence electrons. The van der Waals surface area contributed by atoms with E-state index in [1.54, 1.807) is 14.2 Å². The maximum absolute atomic E-state index is 5.77. The lowest BCUT2D eigenvalue weighted by atomic mass is 10.1. The van der Waals surface area contributed by atoms with Crippen molar-refractivity contribution in [1.82, 2.24) is 9.97 Å². The summed E-state index contributed by atoms with van der Waals surface area (Å²) in [6.07, 6.45) is 0. The van der Waals surface area contributed by atoms with Crippen LogP contribution < -0.4 is 9.47 Å². The average molecular weight is 267 g/mol. The summed E-state index contributed by atoms with van der Waals surface area (Å²) in [5.74, 6) is 2.59. The molecule has 0 aliphatic carbocycles. The summed E-state index contributed by atoms with van der Waals surface area (Å²) in [7, 11) is 3.25. The number of ether oxygens (including phenoxy) is 2. The number of nitrogens with zero attached hydrogens (tertiary/aromatic N) is 1. The largest absolute Gasteiger partial charge is 0.497 e. The predicted octanol–water partition coefficient (Wildman–Crippen LogP) is 3.14. The normalized spacial score (nSPS) is 10.4. The molecule has 0 radical (unpaired) electrons. The Hall–Kier alpha value is -1.68. The fourth-order valence-electron chi connectivity index (χ4n) is 1.81. The molecule has 0 saturated heterocycles. The molecule has 0 spiro atoms. The van der Waals surface area contributed by atoms with E-state index in [-0.39, 0.29) is 0 Å². The molecule has 0 fully saturated rings. The van der Waals surface area contributed by atoms with Crippen LogP contribution in [0, 0.1) is 6.92 Å². The number of rotatable bonds is 4. The van der Waals surface area contributed by atoms with Crippen LogP contribution in [0.4, 0.5) is 0 Å². The first-order chi connectivity index (χ1) is 8.67. The van der Waals surface area contributed by atoms with Crippen LogP contribution >= 0.6 is 11.6 Å². The van der Waals surface area contributed by atoms with Gasteiger partial charge in [0.05, 0.1) is 25.8 Å². The van der Waals surface area contributed by atoms with Crippen molar-refractivity contribution < 1.29 is 9.47 Å².